The van der Waals surface area contributed by atoms with Crippen LogP contribution in [-0.2, 0) is 11.3 Å². The summed E-state index contributed by atoms with van der Waals surface area (Å²) in [6.07, 6.45) is 0.0378. The van der Waals surface area contributed by atoms with Gasteiger partial charge >= 0.3 is 118 Å². The molecule has 3 aliphatic heterocycles. The fourth-order valence-electron chi connectivity index (χ4n) is 2.17. The van der Waals surface area contributed by atoms with Crippen molar-refractivity contribution in [3.8, 4) is 5.75 Å². The molecule has 103 valence electrons. The third-order valence-electron chi connectivity index (χ3n) is 3.16. The Morgan fingerprint density at radius 3 is 2.63 bits per heavy atom. The first-order valence-electron chi connectivity index (χ1n) is 6.59. The fourth-order valence-corrected chi connectivity index (χ4v) is 4.59. The van der Waals surface area contributed by atoms with Crippen molar-refractivity contribution in [2.24, 2.45) is 0 Å². The molecule has 3 aliphatic rings. The van der Waals surface area contributed by atoms with Gasteiger partial charge in [-0.15, -0.1) is 0 Å². The average Bonchev–Trinajstić information content (AvgIpc) is 2.36. The molecule has 0 N–H and O–H groups in total. The Balaban J connectivity index is 1.57. The first-order chi connectivity index (χ1) is 9.40. The van der Waals surface area contributed by atoms with E-state index in [1.54, 1.807) is 0 Å². The number of ether oxygens (including phenoxy) is 1. The van der Waals surface area contributed by atoms with Crippen molar-refractivity contribution < 1.29 is 16.0 Å². The second-order valence-electron chi connectivity index (χ2n) is 4.61. The van der Waals surface area contributed by atoms with E-state index in [9.17, 15) is 0 Å². The number of hydrogen-bond acceptors (Lipinski definition) is 5. The van der Waals surface area contributed by atoms with Crippen molar-refractivity contribution in [3.63, 3.8) is 0 Å². The van der Waals surface area contributed by atoms with Crippen molar-refractivity contribution in [1.29, 1.82) is 0 Å². The van der Waals surface area contributed by atoms with Gasteiger partial charge in [0.25, 0.3) is 0 Å². The Morgan fingerprint density at radius 2 is 1.89 bits per heavy atom. The summed E-state index contributed by atoms with van der Waals surface area (Å²) in [5.74, 6) is 0.875. The summed E-state index contributed by atoms with van der Waals surface area (Å²) in [7, 11) is 0. The Kier molecular flexibility index (Phi) is 4.73. The fraction of sp³-hybridized carbons (Fsp3) is 0.538. The summed E-state index contributed by atoms with van der Waals surface area (Å²) >= 11 is -2.23. The van der Waals surface area contributed by atoms with Crippen LogP contribution < -0.4 is 4.74 Å². The van der Waals surface area contributed by atoms with Gasteiger partial charge in [0, 0.05) is 0 Å². The topological polar surface area (TPSA) is 40.2 Å². The molecule has 1 unspecified atom stereocenters. The van der Waals surface area contributed by atoms with Gasteiger partial charge in [-0.25, -0.2) is 0 Å². The first-order valence-corrected chi connectivity index (χ1v) is 9.16. The number of fused-ring (bicyclic) bond motifs is 6. The Bertz CT molecular complexity index is 367. The van der Waals surface area contributed by atoms with Gasteiger partial charge in [-0.05, 0) is 0 Å². The van der Waals surface area contributed by atoms with Gasteiger partial charge in [-0.1, -0.05) is 0 Å². The molecule has 0 amide bonds. The zero-order chi connectivity index (χ0) is 12.9. The number of nitrogens with zero attached hydrogens (tertiary/aromatic N) is 1. The van der Waals surface area contributed by atoms with Crippen LogP contribution in [0.5, 0.6) is 5.75 Å². The molecule has 1 aromatic rings. The van der Waals surface area contributed by atoms with E-state index in [0.717, 1.165) is 38.6 Å². The molecule has 0 aromatic heterocycles. The summed E-state index contributed by atoms with van der Waals surface area (Å²) in [6.45, 7) is 4.82. The van der Waals surface area contributed by atoms with Crippen LogP contribution in [0.4, 0.5) is 0 Å². The molecule has 1 radical (unpaired) electrons. The molecule has 0 spiro atoms. The van der Waals surface area contributed by atoms with Gasteiger partial charge < -0.3 is 0 Å². The zero-order valence-corrected chi connectivity index (χ0v) is 12.9. The maximum absolute atomic E-state index is 5.94. The molecule has 4 rings (SSSR count). The van der Waals surface area contributed by atoms with Crippen LogP contribution in [-0.4, -0.2) is 65.8 Å². The maximum atomic E-state index is 5.94. The van der Waals surface area contributed by atoms with E-state index < -0.39 is 15.4 Å². The molecule has 0 saturated carbocycles. The van der Waals surface area contributed by atoms with Gasteiger partial charge in [-0.2, -0.15) is 0 Å². The van der Waals surface area contributed by atoms with Crippen LogP contribution in [0, 0.1) is 0 Å². The second kappa shape index (κ2) is 6.72. The SMILES string of the molecule is c1ccc(OCC2CN3CC[O][Ge]([O]CC3)[O]2)cc1. The van der Waals surface area contributed by atoms with Crippen LogP contribution in [0.2, 0.25) is 0 Å². The van der Waals surface area contributed by atoms with Gasteiger partial charge in [-0.3, -0.25) is 0 Å². The van der Waals surface area contributed by atoms with Gasteiger partial charge in [0.2, 0.25) is 0 Å². The first kappa shape index (κ1) is 13.4. The van der Waals surface area contributed by atoms with Crippen LogP contribution in [0.15, 0.2) is 30.3 Å². The van der Waals surface area contributed by atoms with Crippen LogP contribution in [0.25, 0.3) is 0 Å². The summed E-state index contributed by atoms with van der Waals surface area (Å²) in [4.78, 5) is 2.31. The molecule has 1 atom stereocenters. The van der Waals surface area contributed by atoms with E-state index in [1.165, 1.54) is 0 Å². The molecular formula is C13H18GeNO4. The van der Waals surface area contributed by atoms with Crippen molar-refractivity contribution in [2.75, 3.05) is 39.5 Å². The van der Waals surface area contributed by atoms with Gasteiger partial charge in [0.05, 0.1) is 0 Å². The predicted octanol–water partition coefficient (Wildman–Crippen LogP) is 0.798. The van der Waals surface area contributed by atoms with E-state index in [-0.39, 0.29) is 6.10 Å². The molecule has 0 aliphatic carbocycles. The minimum absolute atomic E-state index is 0.0378. The van der Waals surface area contributed by atoms with Gasteiger partial charge in [0.15, 0.2) is 0 Å². The van der Waals surface area contributed by atoms with E-state index in [4.69, 9.17) is 16.0 Å². The summed E-state index contributed by atoms with van der Waals surface area (Å²) < 4.78 is 23.0. The quantitative estimate of drug-likeness (QED) is 0.769. The zero-order valence-electron chi connectivity index (χ0n) is 10.8. The molecule has 2 bridgehead atoms. The van der Waals surface area contributed by atoms with Crippen LogP contribution in [0.1, 0.15) is 0 Å². The molecule has 5 nitrogen and oxygen atoms in total. The number of rotatable bonds is 3. The molecule has 3 heterocycles. The monoisotopic (exact) mass is 326 g/mol. The minimum atomic E-state index is -2.23. The standard InChI is InChI=1S/C13H18GeNO4/c1-2-4-12(5-3-1)16-11-13-10-15-6-8-17-14(19-13)18-9-7-15/h1-5,13H,6-11H2. The molecular weight excluding hydrogens is 307 g/mol. The van der Waals surface area contributed by atoms with E-state index in [1.807, 2.05) is 30.3 Å². The Hall–Kier alpha value is -0.597. The number of benzene rings is 1. The summed E-state index contributed by atoms with van der Waals surface area (Å²) in [6, 6.07) is 9.82. The summed E-state index contributed by atoms with van der Waals surface area (Å²) in [5, 5.41) is 0. The third-order valence-corrected chi connectivity index (χ3v) is 6.11. The van der Waals surface area contributed by atoms with Crippen molar-refractivity contribution >= 4 is 15.4 Å². The molecule has 1 aromatic carbocycles. The van der Waals surface area contributed by atoms with E-state index >= 15 is 0 Å². The Morgan fingerprint density at radius 1 is 1.16 bits per heavy atom. The molecule has 19 heavy (non-hydrogen) atoms. The Labute approximate surface area is 118 Å². The second-order valence-corrected chi connectivity index (χ2v) is 7.37. The molecule has 3 saturated heterocycles. The molecule has 3 fully saturated rings. The van der Waals surface area contributed by atoms with E-state index in [2.05, 4.69) is 4.90 Å². The average molecular weight is 325 g/mol. The normalized spacial score (nSPS) is 28.4. The van der Waals surface area contributed by atoms with Crippen LogP contribution in [0.3, 0.4) is 0 Å². The van der Waals surface area contributed by atoms with Crippen molar-refractivity contribution in [1.82, 2.24) is 4.90 Å². The predicted molar refractivity (Wildman–Crippen MR) is 70.9 cm³/mol. The van der Waals surface area contributed by atoms with Crippen molar-refractivity contribution in [3.05, 3.63) is 30.3 Å². The summed E-state index contributed by atoms with van der Waals surface area (Å²) in [5.41, 5.74) is 0. The molecule has 6 heteroatoms. The number of para-hydroxylation sites is 1. The van der Waals surface area contributed by atoms with Crippen molar-refractivity contribution in [2.45, 2.75) is 6.10 Å². The van der Waals surface area contributed by atoms with E-state index in [0.29, 0.717) is 6.61 Å². The van der Waals surface area contributed by atoms with Gasteiger partial charge in [0.1, 0.15) is 0 Å². The third kappa shape index (κ3) is 3.93. The van der Waals surface area contributed by atoms with Crippen LogP contribution >= 0.6 is 0 Å². The number of hydrogen-bond donors (Lipinski definition) is 0.